The molecular formula is C14H17ClFNO3. The van der Waals surface area contributed by atoms with Crippen molar-refractivity contribution >= 4 is 17.6 Å². The van der Waals surface area contributed by atoms with Crippen molar-refractivity contribution in [3.05, 3.63) is 22.5 Å². The van der Waals surface area contributed by atoms with Crippen molar-refractivity contribution in [1.82, 2.24) is 5.32 Å². The minimum atomic E-state index is -0.609. The molecule has 0 unspecified atom stereocenters. The molecule has 0 saturated heterocycles. The van der Waals surface area contributed by atoms with E-state index in [-0.39, 0.29) is 10.8 Å². The van der Waals surface area contributed by atoms with Crippen LogP contribution in [0.25, 0.3) is 0 Å². The fourth-order valence-corrected chi connectivity index (χ4v) is 2.04. The zero-order valence-corrected chi connectivity index (χ0v) is 12.2. The molecule has 20 heavy (non-hydrogen) atoms. The second kappa shape index (κ2) is 6.41. The fraction of sp³-hybridized carbons (Fsp3) is 0.500. The topological polar surface area (TPSA) is 47.6 Å². The first kappa shape index (κ1) is 15.1. The molecule has 6 heteroatoms. The molecular weight excluding hydrogens is 285 g/mol. The fourth-order valence-electron chi connectivity index (χ4n) is 1.83. The predicted octanol–water partition coefficient (Wildman–Crippen LogP) is 3.06. The van der Waals surface area contributed by atoms with Gasteiger partial charge in [-0.1, -0.05) is 11.6 Å². The number of esters is 1. The predicted molar refractivity (Wildman–Crippen MR) is 73.7 cm³/mol. The summed E-state index contributed by atoms with van der Waals surface area (Å²) in [7, 11) is 0. The third kappa shape index (κ3) is 3.61. The third-order valence-corrected chi connectivity index (χ3v) is 3.28. The van der Waals surface area contributed by atoms with Gasteiger partial charge in [-0.05, 0) is 19.8 Å². The lowest BCUT2D eigenvalue weighted by molar-refractivity contribution is -0.131. The molecule has 0 heterocycles. The highest BCUT2D eigenvalue weighted by atomic mass is 35.5. The lowest BCUT2D eigenvalue weighted by atomic mass is 10.1. The first-order valence-corrected chi connectivity index (χ1v) is 6.96. The van der Waals surface area contributed by atoms with E-state index in [1.807, 2.05) is 0 Å². The Balaban J connectivity index is 2.31. The second-order valence-electron chi connectivity index (χ2n) is 4.66. The Kier molecular flexibility index (Phi) is 4.83. The number of benzene rings is 1. The molecule has 0 radical (unpaired) electrons. The summed E-state index contributed by atoms with van der Waals surface area (Å²) in [5, 5.41) is 3.02. The van der Waals surface area contributed by atoms with Gasteiger partial charge >= 0.3 is 5.97 Å². The van der Waals surface area contributed by atoms with Gasteiger partial charge in [-0.25, -0.2) is 4.39 Å². The number of carbonyl (C=O) groups is 1. The Morgan fingerprint density at radius 2 is 2.20 bits per heavy atom. The minimum Gasteiger partial charge on any atom is -0.493 e. The molecule has 1 aromatic rings. The lowest BCUT2D eigenvalue weighted by Gasteiger charge is -2.15. The molecule has 1 aliphatic rings. The van der Waals surface area contributed by atoms with Crippen LogP contribution >= 0.6 is 11.6 Å². The summed E-state index contributed by atoms with van der Waals surface area (Å²) in [4.78, 5) is 11.0. The quantitative estimate of drug-likeness (QED) is 0.648. The molecule has 0 aromatic heterocycles. The third-order valence-electron chi connectivity index (χ3n) is 2.93. The van der Waals surface area contributed by atoms with Gasteiger partial charge < -0.3 is 14.8 Å². The minimum absolute atomic E-state index is 0.0183. The summed E-state index contributed by atoms with van der Waals surface area (Å²) in [6.07, 6.45) is 2.20. The zero-order valence-electron chi connectivity index (χ0n) is 11.5. The SMILES string of the molecule is CCOc1cc(OC(C)=O)c(Cl)c(F)c1CNC1CC1. The van der Waals surface area contributed by atoms with E-state index in [0.717, 1.165) is 12.8 Å². The van der Waals surface area contributed by atoms with Gasteiger partial charge in [0.25, 0.3) is 0 Å². The van der Waals surface area contributed by atoms with Crippen LogP contribution in [0.15, 0.2) is 6.07 Å². The van der Waals surface area contributed by atoms with Crippen LogP contribution in [0.5, 0.6) is 11.5 Å². The molecule has 1 fully saturated rings. The smallest absolute Gasteiger partial charge is 0.308 e. The maximum atomic E-state index is 14.3. The van der Waals surface area contributed by atoms with Gasteiger partial charge in [-0.15, -0.1) is 0 Å². The summed E-state index contributed by atoms with van der Waals surface area (Å²) in [6.45, 7) is 3.76. The molecule has 1 saturated carbocycles. The Labute approximate surface area is 122 Å². The van der Waals surface area contributed by atoms with Crippen LogP contribution in [0.3, 0.4) is 0 Å². The van der Waals surface area contributed by atoms with Gasteiger partial charge in [0.2, 0.25) is 0 Å². The molecule has 0 bridgehead atoms. The van der Waals surface area contributed by atoms with Crippen molar-refractivity contribution in [2.45, 2.75) is 39.3 Å². The van der Waals surface area contributed by atoms with Gasteiger partial charge in [0.1, 0.15) is 10.8 Å². The number of carbonyl (C=O) groups excluding carboxylic acids is 1. The van der Waals surface area contributed by atoms with E-state index in [1.54, 1.807) is 6.92 Å². The standard InChI is InChI=1S/C14H17ClFNO3/c1-3-19-11-6-12(20-8(2)18)13(15)14(16)10(11)7-17-9-4-5-9/h6,9,17H,3-5,7H2,1-2H3. The van der Waals surface area contributed by atoms with Crippen LogP contribution < -0.4 is 14.8 Å². The molecule has 110 valence electrons. The molecule has 0 aliphatic heterocycles. The van der Waals surface area contributed by atoms with Crippen molar-refractivity contribution in [3.63, 3.8) is 0 Å². The number of hydrogen-bond acceptors (Lipinski definition) is 4. The molecule has 4 nitrogen and oxygen atoms in total. The first-order chi connectivity index (χ1) is 9.52. The number of halogens is 2. The monoisotopic (exact) mass is 301 g/mol. The van der Waals surface area contributed by atoms with Gasteiger partial charge in [0.15, 0.2) is 11.6 Å². The maximum Gasteiger partial charge on any atom is 0.308 e. The van der Waals surface area contributed by atoms with E-state index < -0.39 is 11.8 Å². The molecule has 2 rings (SSSR count). The maximum absolute atomic E-state index is 14.3. The van der Waals surface area contributed by atoms with E-state index >= 15 is 0 Å². The highest BCUT2D eigenvalue weighted by Gasteiger charge is 2.24. The van der Waals surface area contributed by atoms with Gasteiger partial charge in [0, 0.05) is 31.1 Å². The Hall–Kier alpha value is -1.33. The van der Waals surface area contributed by atoms with Crippen molar-refractivity contribution in [2.75, 3.05) is 6.61 Å². The van der Waals surface area contributed by atoms with Crippen LogP contribution in [-0.4, -0.2) is 18.6 Å². The second-order valence-corrected chi connectivity index (χ2v) is 5.04. The molecule has 0 spiro atoms. The summed E-state index contributed by atoms with van der Waals surface area (Å²) in [5.74, 6) is -0.839. The van der Waals surface area contributed by atoms with E-state index in [0.29, 0.717) is 30.5 Å². The van der Waals surface area contributed by atoms with Gasteiger partial charge in [0.05, 0.1) is 6.61 Å². The van der Waals surface area contributed by atoms with Crippen molar-refractivity contribution in [3.8, 4) is 11.5 Å². The largest absolute Gasteiger partial charge is 0.493 e. The molecule has 1 N–H and O–H groups in total. The number of rotatable bonds is 6. The first-order valence-electron chi connectivity index (χ1n) is 6.58. The van der Waals surface area contributed by atoms with Crippen LogP contribution in [0.4, 0.5) is 4.39 Å². The molecule has 1 aliphatic carbocycles. The Morgan fingerprint density at radius 1 is 1.50 bits per heavy atom. The average Bonchev–Trinajstić information content (AvgIpc) is 3.19. The van der Waals surface area contributed by atoms with Crippen LogP contribution in [0, 0.1) is 5.82 Å². The van der Waals surface area contributed by atoms with Crippen LogP contribution in [0.2, 0.25) is 5.02 Å². The lowest BCUT2D eigenvalue weighted by Crippen LogP contribution is -2.18. The number of hydrogen-bond donors (Lipinski definition) is 1. The molecule has 1 aromatic carbocycles. The summed E-state index contributed by atoms with van der Waals surface area (Å²) >= 11 is 5.91. The summed E-state index contributed by atoms with van der Waals surface area (Å²) in [6, 6.07) is 1.90. The molecule has 0 amide bonds. The van der Waals surface area contributed by atoms with Crippen LogP contribution in [-0.2, 0) is 11.3 Å². The normalized spacial score (nSPS) is 14.2. The van der Waals surface area contributed by atoms with Crippen LogP contribution in [0.1, 0.15) is 32.3 Å². The van der Waals surface area contributed by atoms with Crippen molar-refractivity contribution in [1.29, 1.82) is 0 Å². The highest BCUT2D eigenvalue weighted by molar-refractivity contribution is 6.32. The van der Waals surface area contributed by atoms with E-state index in [4.69, 9.17) is 21.1 Å². The van der Waals surface area contributed by atoms with Crippen molar-refractivity contribution in [2.24, 2.45) is 0 Å². The van der Waals surface area contributed by atoms with E-state index in [1.165, 1.54) is 13.0 Å². The average molecular weight is 302 g/mol. The zero-order chi connectivity index (χ0) is 14.7. The molecule has 0 atom stereocenters. The van der Waals surface area contributed by atoms with Gasteiger partial charge in [-0.2, -0.15) is 0 Å². The summed E-state index contributed by atoms with van der Waals surface area (Å²) in [5.41, 5.74) is 0.361. The Morgan fingerprint density at radius 3 is 2.75 bits per heavy atom. The van der Waals surface area contributed by atoms with E-state index in [9.17, 15) is 9.18 Å². The van der Waals surface area contributed by atoms with Gasteiger partial charge in [-0.3, -0.25) is 4.79 Å². The highest BCUT2D eigenvalue weighted by Crippen LogP contribution is 2.37. The van der Waals surface area contributed by atoms with Crippen molar-refractivity contribution < 1.29 is 18.7 Å². The Bertz CT molecular complexity index is 518. The number of ether oxygens (including phenoxy) is 2. The van der Waals surface area contributed by atoms with E-state index in [2.05, 4.69) is 5.32 Å². The summed E-state index contributed by atoms with van der Waals surface area (Å²) < 4.78 is 24.6. The number of nitrogens with one attached hydrogen (secondary N) is 1.